The molecule has 118 valence electrons. The predicted octanol–water partition coefficient (Wildman–Crippen LogP) is 1.86. The SMILES string of the molecule is CCOC(=O)c1cccc(NC(=O)N2CCCN2C(C)=O)c1. The molecule has 0 spiro atoms. The molecule has 0 unspecified atom stereocenters. The van der Waals surface area contributed by atoms with Crippen LogP contribution in [-0.4, -0.2) is 47.6 Å². The van der Waals surface area contributed by atoms with Crippen LogP contribution >= 0.6 is 0 Å². The Morgan fingerprint density at radius 2 is 1.95 bits per heavy atom. The highest BCUT2D eigenvalue weighted by atomic mass is 16.5. The highest BCUT2D eigenvalue weighted by Crippen LogP contribution is 2.16. The van der Waals surface area contributed by atoms with Crippen LogP contribution in [0.2, 0.25) is 0 Å². The molecule has 0 aromatic heterocycles. The van der Waals surface area contributed by atoms with E-state index in [1.54, 1.807) is 31.2 Å². The summed E-state index contributed by atoms with van der Waals surface area (Å²) in [6, 6.07) is 6.10. The summed E-state index contributed by atoms with van der Waals surface area (Å²) in [6.45, 7) is 4.46. The minimum atomic E-state index is -0.440. The smallest absolute Gasteiger partial charge is 0.340 e. The summed E-state index contributed by atoms with van der Waals surface area (Å²) < 4.78 is 4.92. The summed E-state index contributed by atoms with van der Waals surface area (Å²) in [6.07, 6.45) is 0.746. The Morgan fingerprint density at radius 1 is 1.23 bits per heavy atom. The third kappa shape index (κ3) is 3.55. The van der Waals surface area contributed by atoms with Gasteiger partial charge in [-0.15, -0.1) is 0 Å². The minimum Gasteiger partial charge on any atom is -0.462 e. The van der Waals surface area contributed by atoms with E-state index in [0.29, 0.717) is 24.3 Å². The standard InChI is InChI=1S/C15H19N3O4/c1-3-22-14(20)12-6-4-7-13(10-12)16-15(21)18-9-5-8-17(18)11(2)19/h4,6-7,10H,3,5,8-9H2,1-2H3,(H,16,21). The molecule has 1 heterocycles. The summed E-state index contributed by atoms with van der Waals surface area (Å²) in [5.74, 6) is -0.613. The number of carbonyl (C=O) groups excluding carboxylic acids is 3. The molecule has 0 saturated carbocycles. The molecular weight excluding hydrogens is 286 g/mol. The van der Waals surface area contributed by atoms with E-state index in [-0.39, 0.29) is 12.5 Å². The Balaban J connectivity index is 2.07. The molecule has 2 rings (SSSR count). The average Bonchev–Trinajstić information content (AvgIpc) is 2.97. The van der Waals surface area contributed by atoms with E-state index in [2.05, 4.69) is 5.32 Å². The van der Waals surface area contributed by atoms with E-state index in [4.69, 9.17) is 4.74 Å². The largest absolute Gasteiger partial charge is 0.462 e. The number of carbonyl (C=O) groups is 3. The molecule has 1 aliphatic rings. The van der Waals surface area contributed by atoms with Gasteiger partial charge in [-0.3, -0.25) is 9.80 Å². The summed E-state index contributed by atoms with van der Waals surface area (Å²) in [5, 5.41) is 5.47. The molecule has 0 radical (unpaired) electrons. The number of amides is 3. The fourth-order valence-electron chi connectivity index (χ4n) is 2.28. The van der Waals surface area contributed by atoms with Gasteiger partial charge in [-0.05, 0) is 31.5 Å². The molecular formula is C15H19N3O4. The molecule has 7 heteroatoms. The van der Waals surface area contributed by atoms with Gasteiger partial charge in [-0.2, -0.15) is 0 Å². The average molecular weight is 305 g/mol. The van der Waals surface area contributed by atoms with Crippen molar-refractivity contribution in [2.75, 3.05) is 25.0 Å². The maximum Gasteiger partial charge on any atom is 0.340 e. The normalized spacial score (nSPS) is 13.9. The molecule has 7 nitrogen and oxygen atoms in total. The number of hydrogen-bond acceptors (Lipinski definition) is 4. The van der Waals surface area contributed by atoms with Crippen LogP contribution < -0.4 is 5.32 Å². The lowest BCUT2D eigenvalue weighted by Gasteiger charge is -2.26. The molecule has 0 atom stereocenters. The zero-order chi connectivity index (χ0) is 16.1. The lowest BCUT2D eigenvalue weighted by atomic mass is 10.2. The number of urea groups is 1. The third-order valence-corrected chi connectivity index (χ3v) is 3.25. The second kappa shape index (κ2) is 6.93. The molecule has 1 aromatic carbocycles. The van der Waals surface area contributed by atoms with Gasteiger partial charge in [0, 0.05) is 25.7 Å². The minimum absolute atomic E-state index is 0.173. The van der Waals surface area contributed by atoms with Crippen molar-refractivity contribution >= 4 is 23.6 Å². The summed E-state index contributed by atoms with van der Waals surface area (Å²) in [5.41, 5.74) is 0.843. The first kappa shape index (κ1) is 15.8. The van der Waals surface area contributed by atoms with E-state index in [1.807, 2.05) is 0 Å². The van der Waals surface area contributed by atoms with Gasteiger partial charge in [-0.1, -0.05) is 6.07 Å². The number of benzene rings is 1. The Labute approximate surface area is 128 Å². The van der Waals surface area contributed by atoms with Crippen LogP contribution in [0.25, 0.3) is 0 Å². The number of hydrogen-bond donors (Lipinski definition) is 1. The van der Waals surface area contributed by atoms with Crippen molar-refractivity contribution in [3.05, 3.63) is 29.8 Å². The van der Waals surface area contributed by atoms with Gasteiger partial charge in [0.1, 0.15) is 0 Å². The van der Waals surface area contributed by atoms with Gasteiger partial charge >= 0.3 is 12.0 Å². The van der Waals surface area contributed by atoms with Gasteiger partial charge in [0.05, 0.1) is 12.2 Å². The Hall–Kier alpha value is -2.57. The van der Waals surface area contributed by atoms with Crippen LogP contribution in [0.15, 0.2) is 24.3 Å². The number of anilines is 1. The molecule has 22 heavy (non-hydrogen) atoms. The maximum atomic E-state index is 12.2. The monoisotopic (exact) mass is 305 g/mol. The fourth-order valence-corrected chi connectivity index (χ4v) is 2.28. The van der Waals surface area contributed by atoms with Gasteiger partial charge in [0.2, 0.25) is 5.91 Å². The van der Waals surface area contributed by atoms with Gasteiger partial charge in [0.25, 0.3) is 0 Å². The highest BCUT2D eigenvalue weighted by Gasteiger charge is 2.28. The van der Waals surface area contributed by atoms with E-state index >= 15 is 0 Å². The van der Waals surface area contributed by atoms with Gasteiger partial charge < -0.3 is 10.1 Å². The third-order valence-electron chi connectivity index (χ3n) is 3.25. The quantitative estimate of drug-likeness (QED) is 0.865. The van der Waals surface area contributed by atoms with Crippen LogP contribution in [0.4, 0.5) is 10.5 Å². The van der Waals surface area contributed by atoms with Gasteiger partial charge in [-0.25, -0.2) is 14.6 Å². The molecule has 1 aliphatic heterocycles. The number of esters is 1. The number of ether oxygens (including phenoxy) is 1. The Morgan fingerprint density at radius 3 is 2.64 bits per heavy atom. The number of nitrogens with one attached hydrogen (secondary N) is 1. The van der Waals surface area contributed by atoms with Crippen LogP contribution in [0, 0.1) is 0 Å². The summed E-state index contributed by atoms with van der Waals surface area (Å²) >= 11 is 0. The molecule has 1 N–H and O–H groups in total. The molecule has 3 amide bonds. The van der Waals surface area contributed by atoms with Crippen LogP contribution in [-0.2, 0) is 9.53 Å². The number of rotatable bonds is 3. The molecule has 1 aromatic rings. The molecule has 0 aliphatic carbocycles. The van der Waals surface area contributed by atoms with Crippen molar-refractivity contribution in [2.45, 2.75) is 20.3 Å². The van der Waals surface area contributed by atoms with Crippen LogP contribution in [0.5, 0.6) is 0 Å². The van der Waals surface area contributed by atoms with Crippen LogP contribution in [0.3, 0.4) is 0 Å². The fraction of sp³-hybridized carbons (Fsp3) is 0.400. The number of nitrogens with zero attached hydrogens (tertiary/aromatic N) is 2. The second-order valence-electron chi connectivity index (χ2n) is 4.85. The van der Waals surface area contributed by atoms with E-state index in [1.165, 1.54) is 16.9 Å². The van der Waals surface area contributed by atoms with Crippen molar-refractivity contribution in [1.29, 1.82) is 0 Å². The zero-order valence-corrected chi connectivity index (χ0v) is 12.7. The van der Waals surface area contributed by atoms with Crippen molar-refractivity contribution < 1.29 is 19.1 Å². The molecule has 1 fully saturated rings. The summed E-state index contributed by atoms with van der Waals surface area (Å²) in [7, 11) is 0. The Kier molecular flexibility index (Phi) is 4.98. The van der Waals surface area contributed by atoms with Gasteiger partial charge in [0.15, 0.2) is 0 Å². The Bertz CT molecular complexity index is 588. The lowest BCUT2D eigenvalue weighted by molar-refractivity contribution is -0.137. The maximum absolute atomic E-state index is 12.2. The first-order valence-electron chi connectivity index (χ1n) is 7.16. The van der Waals surface area contributed by atoms with E-state index < -0.39 is 12.0 Å². The predicted molar refractivity (Wildman–Crippen MR) is 80.1 cm³/mol. The van der Waals surface area contributed by atoms with E-state index in [0.717, 1.165) is 6.42 Å². The molecule has 1 saturated heterocycles. The summed E-state index contributed by atoms with van der Waals surface area (Å²) in [4.78, 5) is 35.4. The topological polar surface area (TPSA) is 79.0 Å². The van der Waals surface area contributed by atoms with Crippen LogP contribution in [0.1, 0.15) is 30.6 Å². The van der Waals surface area contributed by atoms with Crippen molar-refractivity contribution in [3.63, 3.8) is 0 Å². The second-order valence-corrected chi connectivity index (χ2v) is 4.85. The lowest BCUT2D eigenvalue weighted by Crippen LogP contribution is -2.45. The zero-order valence-electron chi connectivity index (χ0n) is 12.7. The number of hydrazine groups is 1. The van der Waals surface area contributed by atoms with Crippen molar-refractivity contribution in [3.8, 4) is 0 Å². The van der Waals surface area contributed by atoms with Crippen molar-refractivity contribution in [2.24, 2.45) is 0 Å². The van der Waals surface area contributed by atoms with E-state index in [9.17, 15) is 14.4 Å². The first-order valence-corrected chi connectivity index (χ1v) is 7.16. The molecule has 0 bridgehead atoms. The van der Waals surface area contributed by atoms with Crippen molar-refractivity contribution in [1.82, 2.24) is 10.0 Å². The first-order chi connectivity index (χ1) is 10.5. The highest BCUT2D eigenvalue weighted by molar-refractivity contribution is 5.94.